The van der Waals surface area contributed by atoms with Crippen LogP contribution < -0.4 is 4.72 Å². The molecular weight excluding hydrogens is 307 g/mol. The number of nitrogens with zero attached hydrogens (tertiary/aromatic N) is 1. The lowest BCUT2D eigenvalue weighted by Crippen LogP contribution is -2.35. The van der Waals surface area contributed by atoms with Crippen LogP contribution in [0.25, 0.3) is 0 Å². The van der Waals surface area contributed by atoms with Crippen molar-refractivity contribution >= 4 is 15.9 Å². The molecule has 1 aromatic carbocycles. The van der Waals surface area contributed by atoms with Crippen LogP contribution in [-0.2, 0) is 10.0 Å². The Morgan fingerprint density at radius 1 is 1.45 bits per heavy atom. The van der Waals surface area contributed by atoms with Crippen LogP contribution in [0.15, 0.2) is 23.1 Å². The maximum absolute atomic E-state index is 13.9. The third-order valence-electron chi connectivity index (χ3n) is 3.94. The van der Waals surface area contributed by atoms with Gasteiger partial charge < -0.3 is 4.90 Å². The van der Waals surface area contributed by atoms with Crippen LogP contribution in [0.5, 0.6) is 0 Å². The number of carbonyl (C=O) groups is 1. The molecule has 1 saturated carbocycles. The Hall–Kier alpha value is -1.47. The minimum Gasteiger partial charge on any atom is -0.339 e. The minimum absolute atomic E-state index is 0.0159. The van der Waals surface area contributed by atoms with Crippen molar-refractivity contribution in [3.8, 4) is 0 Å². The SMILES string of the molecule is CCC(C)N(C)C(=O)c1ccc(F)c(S(=O)(=O)NC2CC2)c1. The minimum atomic E-state index is -3.93. The molecule has 0 radical (unpaired) electrons. The summed E-state index contributed by atoms with van der Waals surface area (Å²) in [4.78, 5) is 13.4. The van der Waals surface area contributed by atoms with Crippen molar-refractivity contribution in [3.63, 3.8) is 0 Å². The summed E-state index contributed by atoms with van der Waals surface area (Å²) in [6, 6.07) is 3.35. The van der Waals surface area contributed by atoms with E-state index in [1.807, 2.05) is 13.8 Å². The molecule has 1 amide bonds. The molecule has 0 heterocycles. The molecule has 1 unspecified atom stereocenters. The van der Waals surface area contributed by atoms with Crippen molar-refractivity contribution in [1.82, 2.24) is 9.62 Å². The van der Waals surface area contributed by atoms with E-state index in [0.717, 1.165) is 31.4 Å². The second-order valence-electron chi connectivity index (χ2n) is 5.71. The van der Waals surface area contributed by atoms with Gasteiger partial charge in [-0.3, -0.25) is 4.79 Å². The van der Waals surface area contributed by atoms with Gasteiger partial charge in [-0.15, -0.1) is 0 Å². The Balaban J connectivity index is 2.32. The zero-order valence-corrected chi connectivity index (χ0v) is 13.8. The van der Waals surface area contributed by atoms with Crippen molar-refractivity contribution in [3.05, 3.63) is 29.6 Å². The van der Waals surface area contributed by atoms with Gasteiger partial charge in [0, 0.05) is 24.7 Å². The first-order valence-electron chi connectivity index (χ1n) is 7.35. The molecule has 1 aliphatic carbocycles. The van der Waals surface area contributed by atoms with E-state index < -0.39 is 20.7 Å². The standard InChI is InChI=1S/C15H21FN2O3S/c1-4-10(2)18(3)15(19)11-5-8-13(16)14(9-11)22(20,21)17-12-6-7-12/h5,8-10,12,17H,4,6-7H2,1-3H3. The first-order valence-corrected chi connectivity index (χ1v) is 8.83. The van der Waals surface area contributed by atoms with Crippen LogP contribution in [0.4, 0.5) is 4.39 Å². The summed E-state index contributed by atoms with van der Waals surface area (Å²) in [5.41, 5.74) is 0.167. The van der Waals surface area contributed by atoms with Gasteiger partial charge in [0.2, 0.25) is 10.0 Å². The van der Waals surface area contributed by atoms with Crippen molar-refractivity contribution in [2.24, 2.45) is 0 Å². The Labute approximate surface area is 130 Å². The molecule has 1 fully saturated rings. The van der Waals surface area contributed by atoms with Gasteiger partial charge >= 0.3 is 0 Å². The summed E-state index contributed by atoms with van der Waals surface area (Å²) in [6.07, 6.45) is 2.30. The van der Waals surface area contributed by atoms with Crippen LogP contribution in [-0.4, -0.2) is 38.4 Å². The first-order chi connectivity index (χ1) is 10.3. The van der Waals surface area contributed by atoms with E-state index in [9.17, 15) is 17.6 Å². The molecule has 1 atom stereocenters. The topological polar surface area (TPSA) is 66.5 Å². The van der Waals surface area contributed by atoms with Gasteiger partial charge in [0.05, 0.1) is 0 Å². The molecule has 7 heteroatoms. The summed E-state index contributed by atoms with van der Waals surface area (Å²) >= 11 is 0. The first kappa shape index (κ1) is 16.9. The predicted molar refractivity (Wildman–Crippen MR) is 81.6 cm³/mol. The zero-order valence-electron chi connectivity index (χ0n) is 13.0. The smallest absolute Gasteiger partial charge is 0.253 e. The van der Waals surface area contributed by atoms with Gasteiger partial charge in [0.25, 0.3) is 5.91 Å². The van der Waals surface area contributed by atoms with Gasteiger partial charge in [-0.2, -0.15) is 0 Å². The number of amides is 1. The number of carbonyl (C=O) groups excluding carboxylic acids is 1. The highest BCUT2D eigenvalue weighted by Gasteiger charge is 2.30. The molecule has 0 saturated heterocycles. The Morgan fingerprint density at radius 3 is 2.64 bits per heavy atom. The van der Waals surface area contributed by atoms with Crippen molar-refractivity contribution < 1.29 is 17.6 Å². The van der Waals surface area contributed by atoms with E-state index in [2.05, 4.69) is 4.72 Å². The summed E-state index contributed by atoms with van der Waals surface area (Å²) < 4.78 is 40.6. The number of nitrogens with one attached hydrogen (secondary N) is 1. The van der Waals surface area contributed by atoms with Crippen molar-refractivity contribution in [2.75, 3.05) is 7.05 Å². The van der Waals surface area contributed by atoms with Crippen LogP contribution in [0.3, 0.4) is 0 Å². The van der Waals surface area contributed by atoms with E-state index in [-0.39, 0.29) is 23.6 Å². The third kappa shape index (κ3) is 3.64. The number of rotatable bonds is 6. The van der Waals surface area contributed by atoms with E-state index in [4.69, 9.17) is 0 Å². The molecule has 22 heavy (non-hydrogen) atoms. The molecule has 1 aromatic rings. The maximum atomic E-state index is 13.9. The predicted octanol–water partition coefficient (Wildman–Crippen LogP) is 2.14. The summed E-state index contributed by atoms with van der Waals surface area (Å²) in [5.74, 6) is -1.17. The molecule has 1 N–H and O–H groups in total. The quantitative estimate of drug-likeness (QED) is 0.870. The molecule has 0 spiro atoms. The molecule has 0 aromatic heterocycles. The molecule has 5 nitrogen and oxygen atoms in total. The molecular formula is C15H21FN2O3S. The fraction of sp³-hybridized carbons (Fsp3) is 0.533. The maximum Gasteiger partial charge on any atom is 0.253 e. The van der Waals surface area contributed by atoms with Crippen LogP contribution >= 0.6 is 0 Å². The highest BCUT2D eigenvalue weighted by Crippen LogP contribution is 2.24. The normalized spacial score (nSPS) is 16.4. The molecule has 0 aliphatic heterocycles. The molecule has 0 bridgehead atoms. The average molecular weight is 328 g/mol. The highest BCUT2D eigenvalue weighted by molar-refractivity contribution is 7.89. The van der Waals surface area contributed by atoms with E-state index >= 15 is 0 Å². The van der Waals surface area contributed by atoms with Crippen molar-refractivity contribution in [1.29, 1.82) is 0 Å². The Kier molecular flexibility index (Phi) is 4.87. The second kappa shape index (κ2) is 6.34. The van der Waals surface area contributed by atoms with Crippen molar-refractivity contribution in [2.45, 2.75) is 50.1 Å². The van der Waals surface area contributed by atoms with Gasteiger partial charge in [0.15, 0.2) is 0 Å². The highest BCUT2D eigenvalue weighted by atomic mass is 32.2. The van der Waals surface area contributed by atoms with Gasteiger partial charge in [-0.05, 0) is 44.4 Å². The van der Waals surface area contributed by atoms with Crippen LogP contribution in [0, 0.1) is 5.82 Å². The third-order valence-corrected chi connectivity index (χ3v) is 5.47. The second-order valence-corrected chi connectivity index (χ2v) is 7.40. The van der Waals surface area contributed by atoms with Gasteiger partial charge in [-0.1, -0.05) is 6.92 Å². The van der Waals surface area contributed by atoms with Gasteiger partial charge in [0.1, 0.15) is 10.7 Å². The summed E-state index contributed by atoms with van der Waals surface area (Å²) in [6.45, 7) is 3.85. The molecule has 122 valence electrons. The number of halogens is 1. The van der Waals surface area contributed by atoms with Crippen LogP contribution in [0.2, 0.25) is 0 Å². The lowest BCUT2D eigenvalue weighted by Gasteiger charge is -2.24. The molecule has 2 rings (SSSR count). The Morgan fingerprint density at radius 2 is 2.09 bits per heavy atom. The lowest BCUT2D eigenvalue weighted by atomic mass is 10.1. The number of hydrogen-bond donors (Lipinski definition) is 1. The number of sulfonamides is 1. The summed E-state index contributed by atoms with van der Waals surface area (Å²) in [5, 5.41) is 0. The Bertz CT molecular complexity index is 671. The van der Waals surface area contributed by atoms with Crippen LogP contribution in [0.1, 0.15) is 43.5 Å². The fourth-order valence-electron chi connectivity index (χ4n) is 2.00. The van der Waals surface area contributed by atoms with E-state index in [0.29, 0.717) is 0 Å². The number of benzene rings is 1. The zero-order chi connectivity index (χ0) is 16.5. The molecule has 1 aliphatic rings. The summed E-state index contributed by atoms with van der Waals surface area (Å²) in [7, 11) is -2.28. The largest absolute Gasteiger partial charge is 0.339 e. The van der Waals surface area contributed by atoms with E-state index in [1.165, 1.54) is 11.0 Å². The monoisotopic (exact) mass is 328 g/mol. The number of hydrogen-bond acceptors (Lipinski definition) is 3. The van der Waals surface area contributed by atoms with Gasteiger partial charge in [-0.25, -0.2) is 17.5 Å². The lowest BCUT2D eigenvalue weighted by molar-refractivity contribution is 0.0740. The van der Waals surface area contributed by atoms with E-state index in [1.54, 1.807) is 7.05 Å². The average Bonchev–Trinajstić information content (AvgIpc) is 3.28. The fourth-order valence-corrected chi connectivity index (χ4v) is 3.41.